The highest BCUT2D eigenvalue weighted by atomic mass is 16.6. The molecular formula is C18H26N2O3. The largest absolute Gasteiger partial charge is 0.445 e. The summed E-state index contributed by atoms with van der Waals surface area (Å²) in [7, 11) is 3.56. The molecule has 0 bridgehead atoms. The van der Waals surface area contributed by atoms with Crippen LogP contribution in [0.15, 0.2) is 30.3 Å². The zero-order valence-electron chi connectivity index (χ0n) is 14.4. The van der Waals surface area contributed by atoms with Crippen molar-refractivity contribution in [3.63, 3.8) is 0 Å². The van der Waals surface area contributed by atoms with E-state index in [4.69, 9.17) is 4.74 Å². The smallest absolute Gasteiger partial charge is 0.410 e. The van der Waals surface area contributed by atoms with Crippen molar-refractivity contribution in [2.24, 2.45) is 17.8 Å². The molecule has 2 rings (SSSR count). The van der Waals surface area contributed by atoms with Crippen molar-refractivity contribution < 1.29 is 14.3 Å². The Morgan fingerprint density at radius 3 is 2.22 bits per heavy atom. The number of benzene rings is 1. The molecule has 2 amide bonds. The number of carbonyl (C=O) groups excluding carboxylic acids is 2. The molecule has 5 nitrogen and oxygen atoms in total. The summed E-state index contributed by atoms with van der Waals surface area (Å²) >= 11 is 0. The molecule has 0 N–H and O–H groups in total. The topological polar surface area (TPSA) is 49.9 Å². The summed E-state index contributed by atoms with van der Waals surface area (Å²) in [5.41, 5.74) is 0.972. The first-order valence-corrected chi connectivity index (χ1v) is 8.07. The molecule has 1 aliphatic heterocycles. The number of hydrogen-bond donors (Lipinski definition) is 0. The quantitative estimate of drug-likeness (QED) is 0.861. The van der Waals surface area contributed by atoms with Gasteiger partial charge in [-0.15, -0.1) is 0 Å². The van der Waals surface area contributed by atoms with E-state index in [9.17, 15) is 9.59 Å². The standard InChI is InChI=1S/C18H26N2O3/c1-13-10-20(11-14(2)16(13)17(21)19(3)4)18(22)23-12-15-8-6-5-7-9-15/h5-9,13-14,16H,10-12H2,1-4H3. The van der Waals surface area contributed by atoms with Crippen molar-refractivity contribution in [3.8, 4) is 0 Å². The number of carbonyl (C=O) groups is 2. The van der Waals surface area contributed by atoms with Crippen LogP contribution in [0.1, 0.15) is 19.4 Å². The summed E-state index contributed by atoms with van der Waals surface area (Å²) in [5.74, 6) is 0.348. The van der Waals surface area contributed by atoms with E-state index in [1.165, 1.54) is 0 Å². The molecular weight excluding hydrogens is 292 g/mol. The Morgan fingerprint density at radius 1 is 1.13 bits per heavy atom. The number of likely N-dealkylation sites (tertiary alicyclic amines) is 1. The van der Waals surface area contributed by atoms with Crippen molar-refractivity contribution in [1.29, 1.82) is 0 Å². The molecule has 1 aliphatic rings. The van der Waals surface area contributed by atoms with Crippen LogP contribution in [0.4, 0.5) is 4.79 Å². The summed E-state index contributed by atoms with van der Waals surface area (Å²) in [6.45, 7) is 5.45. The van der Waals surface area contributed by atoms with Gasteiger partial charge in [-0.3, -0.25) is 4.79 Å². The molecule has 1 fully saturated rings. The first-order valence-electron chi connectivity index (χ1n) is 8.07. The lowest BCUT2D eigenvalue weighted by Gasteiger charge is -2.40. The Kier molecular flexibility index (Phi) is 5.64. The van der Waals surface area contributed by atoms with Crippen molar-refractivity contribution in [2.75, 3.05) is 27.2 Å². The second kappa shape index (κ2) is 7.49. The maximum atomic E-state index is 12.3. The van der Waals surface area contributed by atoms with Crippen LogP contribution in [-0.2, 0) is 16.1 Å². The predicted molar refractivity (Wildman–Crippen MR) is 88.7 cm³/mol. The van der Waals surface area contributed by atoms with Gasteiger partial charge in [0.2, 0.25) is 5.91 Å². The average Bonchev–Trinajstić information content (AvgIpc) is 2.52. The molecule has 0 saturated carbocycles. The molecule has 1 saturated heterocycles. The fourth-order valence-corrected chi connectivity index (χ4v) is 3.30. The van der Waals surface area contributed by atoms with Crippen LogP contribution in [0.5, 0.6) is 0 Å². The highest BCUT2D eigenvalue weighted by Crippen LogP contribution is 2.30. The highest BCUT2D eigenvalue weighted by Gasteiger charge is 2.39. The van der Waals surface area contributed by atoms with E-state index >= 15 is 0 Å². The van der Waals surface area contributed by atoms with Crippen LogP contribution in [-0.4, -0.2) is 49.0 Å². The number of ether oxygens (including phenoxy) is 1. The molecule has 126 valence electrons. The number of rotatable bonds is 3. The Morgan fingerprint density at radius 2 is 1.70 bits per heavy atom. The molecule has 2 atom stereocenters. The highest BCUT2D eigenvalue weighted by molar-refractivity contribution is 5.79. The molecule has 2 unspecified atom stereocenters. The number of piperidine rings is 1. The van der Waals surface area contributed by atoms with Crippen molar-refractivity contribution in [3.05, 3.63) is 35.9 Å². The molecule has 1 aromatic carbocycles. The Bertz CT molecular complexity index is 532. The molecule has 1 heterocycles. The SMILES string of the molecule is CC1CN(C(=O)OCc2ccccc2)CC(C)C1C(=O)N(C)C. The second-order valence-corrected chi connectivity index (χ2v) is 6.66. The minimum atomic E-state index is -0.302. The summed E-state index contributed by atoms with van der Waals surface area (Å²) in [6, 6.07) is 9.64. The van der Waals surface area contributed by atoms with Crippen LogP contribution in [0, 0.1) is 17.8 Å². The van der Waals surface area contributed by atoms with E-state index in [1.54, 1.807) is 23.9 Å². The van der Waals surface area contributed by atoms with Gasteiger partial charge in [-0.05, 0) is 17.4 Å². The molecule has 0 radical (unpaired) electrons. The molecule has 23 heavy (non-hydrogen) atoms. The van der Waals surface area contributed by atoms with Crippen molar-refractivity contribution in [2.45, 2.75) is 20.5 Å². The van der Waals surface area contributed by atoms with Crippen LogP contribution < -0.4 is 0 Å². The zero-order chi connectivity index (χ0) is 17.0. The van der Waals surface area contributed by atoms with Gasteiger partial charge in [0.25, 0.3) is 0 Å². The van der Waals surface area contributed by atoms with Gasteiger partial charge in [0.1, 0.15) is 6.61 Å². The lowest BCUT2D eigenvalue weighted by atomic mass is 9.78. The summed E-state index contributed by atoms with van der Waals surface area (Å²) < 4.78 is 5.40. The van der Waals surface area contributed by atoms with E-state index < -0.39 is 0 Å². The molecule has 1 aromatic rings. The van der Waals surface area contributed by atoms with Gasteiger partial charge in [0, 0.05) is 33.1 Å². The van der Waals surface area contributed by atoms with Gasteiger partial charge in [-0.25, -0.2) is 4.79 Å². The predicted octanol–water partition coefficient (Wildman–Crippen LogP) is 2.62. The van der Waals surface area contributed by atoms with Gasteiger partial charge in [0.15, 0.2) is 0 Å². The van der Waals surface area contributed by atoms with E-state index in [1.807, 2.05) is 44.2 Å². The fourth-order valence-electron chi connectivity index (χ4n) is 3.30. The Hall–Kier alpha value is -2.04. The van der Waals surface area contributed by atoms with Gasteiger partial charge < -0.3 is 14.5 Å². The fraction of sp³-hybridized carbons (Fsp3) is 0.556. The molecule has 5 heteroatoms. The maximum absolute atomic E-state index is 12.3. The summed E-state index contributed by atoms with van der Waals surface area (Å²) in [6.07, 6.45) is -0.302. The van der Waals surface area contributed by atoms with Crippen molar-refractivity contribution in [1.82, 2.24) is 9.80 Å². The van der Waals surface area contributed by atoms with Gasteiger partial charge in [-0.2, -0.15) is 0 Å². The van der Waals surface area contributed by atoms with Crippen LogP contribution >= 0.6 is 0 Å². The minimum Gasteiger partial charge on any atom is -0.445 e. The van der Waals surface area contributed by atoms with Gasteiger partial charge in [-0.1, -0.05) is 44.2 Å². The van der Waals surface area contributed by atoms with E-state index in [2.05, 4.69) is 0 Å². The van der Waals surface area contributed by atoms with Gasteiger partial charge in [0.05, 0.1) is 0 Å². The van der Waals surface area contributed by atoms with Crippen LogP contribution in [0.3, 0.4) is 0 Å². The first-order chi connectivity index (χ1) is 10.9. The zero-order valence-corrected chi connectivity index (χ0v) is 14.4. The third-order valence-electron chi connectivity index (χ3n) is 4.43. The second-order valence-electron chi connectivity index (χ2n) is 6.66. The average molecular weight is 318 g/mol. The lowest BCUT2D eigenvalue weighted by Crippen LogP contribution is -2.51. The van der Waals surface area contributed by atoms with E-state index in [0.717, 1.165) is 5.56 Å². The summed E-state index contributed by atoms with van der Waals surface area (Å²) in [5, 5.41) is 0. The number of hydrogen-bond acceptors (Lipinski definition) is 3. The third-order valence-corrected chi connectivity index (χ3v) is 4.43. The van der Waals surface area contributed by atoms with Gasteiger partial charge >= 0.3 is 6.09 Å². The normalized spacial score (nSPS) is 24.2. The maximum Gasteiger partial charge on any atom is 0.410 e. The molecule has 0 aromatic heterocycles. The number of amides is 2. The minimum absolute atomic E-state index is 0.0387. The monoisotopic (exact) mass is 318 g/mol. The Labute approximate surface area is 138 Å². The van der Waals surface area contributed by atoms with Crippen LogP contribution in [0.2, 0.25) is 0 Å². The van der Waals surface area contributed by atoms with E-state index in [0.29, 0.717) is 13.1 Å². The lowest BCUT2D eigenvalue weighted by molar-refractivity contribution is -0.138. The van der Waals surface area contributed by atoms with Crippen molar-refractivity contribution >= 4 is 12.0 Å². The molecule has 0 spiro atoms. The van der Waals surface area contributed by atoms with Crippen LogP contribution in [0.25, 0.3) is 0 Å². The molecule has 0 aliphatic carbocycles. The van der Waals surface area contributed by atoms with E-state index in [-0.39, 0.29) is 36.4 Å². The number of nitrogens with zero attached hydrogens (tertiary/aromatic N) is 2. The third kappa shape index (κ3) is 4.24. The summed E-state index contributed by atoms with van der Waals surface area (Å²) in [4.78, 5) is 27.9. The Balaban J connectivity index is 1.92. The first kappa shape index (κ1) is 17.3.